The molecule has 7 nitrogen and oxygen atoms in total. The standard InChI is InChI=1S/C21H24N4O3S3/c1-4-18(25(31(3,27)28)17-12-8-9-15(2)13-17)19(26)22-20-23-24-21(30-20)29-14-16-10-6-5-7-11-16/h5-13,18H,4,14H2,1-3H3,(H,22,23,26)/t18-/m1/s1. The summed E-state index contributed by atoms with van der Waals surface area (Å²) in [5.41, 5.74) is 2.53. The second-order valence-corrected chi connectivity index (χ2v) is 11.0. The van der Waals surface area contributed by atoms with E-state index in [9.17, 15) is 13.2 Å². The van der Waals surface area contributed by atoms with Gasteiger partial charge in [0.2, 0.25) is 21.1 Å². The van der Waals surface area contributed by atoms with Gasteiger partial charge in [0.1, 0.15) is 6.04 Å². The number of nitrogens with zero attached hydrogens (tertiary/aromatic N) is 3. The lowest BCUT2D eigenvalue weighted by Crippen LogP contribution is -2.47. The van der Waals surface area contributed by atoms with Gasteiger partial charge in [-0.2, -0.15) is 0 Å². The molecule has 1 atom stereocenters. The summed E-state index contributed by atoms with van der Waals surface area (Å²) in [5.74, 6) is 0.307. The number of aromatic nitrogens is 2. The maximum absolute atomic E-state index is 13.0. The number of hydrogen-bond donors (Lipinski definition) is 1. The normalized spacial score (nSPS) is 12.4. The fourth-order valence-corrected chi connectivity index (χ4v) is 5.97. The van der Waals surface area contributed by atoms with Gasteiger partial charge in [-0.05, 0) is 36.6 Å². The van der Waals surface area contributed by atoms with Crippen LogP contribution in [0.3, 0.4) is 0 Å². The fraction of sp³-hybridized carbons (Fsp3) is 0.286. The summed E-state index contributed by atoms with van der Waals surface area (Å²) in [6.45, 7) is 3.65. The first-order chi connectivity index (χ1) is 14.8. The largest absolute Gasteiger partial charge is 0.299 e. The number of sulfonamides is 1. The molecule has 10 heteroatoms. The van der Waals surface area contributed by atoms with Gasteiger partial charge in [-0.25, -0.2) is 8.42 Å². The third-order valence-electron chi connectivity index (χ3n) is 4.43. The van der Waals surface area contributed by atoms with Gasteiger partial charge in [-0.15, -0.1) is 10.2 Å². The molecule has 0 spiro atoms. The number of thioether (sulfide) groups is 1. The Bertz CT molecular complexity index is 1130. The molecule has 0 aliphatic rings. The van der Waals surface area contributed by atoms with E-state index < -0.39 is 22.0 Å². The summed E-state index contributed by atoms with van der Waals surface area (Å²) in [5, 5.41) is 11.2. The summed E-state index contributed by atoms with van der Waals surface area (Å²) in [4.78, 5) is 13.0. The first kappa shape index (κ1) is 23.2. The van der Waals surface area contributed by atoms with Crippen molar-refractivity contribution in [2.45, 2.75) is 36.4 Å². The number of carbonyl (C=O) groups is 1. The molecular formula is C21H24N4O3S3. The molecule has 1 N–H and O–H groups in total. The minimum absolute atomic E-state index is 0.307. The zero-order valence-corrected chi connectivity index (χ0v) is 19.9. The van der Waals surface area contributed by atoms with Crippen molar-refractivity contribution in [1.82, 2.24) is 10.2 Å². The number of nitrogens with one attached hydrogen (secondary N) is 1. The predicted octanol–water partition coefficient (Wildman–Crippen LogP) is 4.32. The maximum atomic E-state index is 13.0. The highest BCUT2D eigenvalue weighted by molar-refractivity contribution is 8.00. The van der Waals surface area contributed by atoms with Crippen LogP contribution in [0.5, 0.6) is 0 Å². The van der Waals surface area contributed by atoms with Gasteiger partial charge < -0.3 is 0 Å². The molecule has 2 aromatic carbocycles. The molecule has 3 rings (SSSR count). The molecule has 0 aliphatic carbocycles. The Hall–Kier alpha value is -2.43. The van der Waals surface area contributed by atoms with Crippen LogP contribution in [0.1, 0.15) is 24.5 Å². The molecule has 1 aromatic heterocycles. The lowest BCUT2D eigenvalue weighted by molar-refractivity contribution is -0.117. The Morgan fingerprint density at radius 1 is 1.16 bits per heavy atom. The minimum Gasteiger partial charge on any atom is -0.299 e. The van der Waals surface area contributed by atoms with Crippen LogP contribution in [0.2, 0.25) is 0 Å². The highest BCUT2D eigenvalue weighted by atomic mass is 32.2. The number of aryl methyl sites for hydroxylation is 1. The molecule has 3 aromatic rings. The zero-order valence-electron chi connectivity index (χ0n) is 17.5. The van der Waals surface area contributed by atoms with Crippen molar-refractivity contribution in [3.63, 3.8) is 0 Å². The van der Waals surface area contributed by atoms with Crippen molar-refractivity contribution >= 4 is 49.8 Å². The second kappa shape index (κ2) is 10.3. The van der Waals surface area contributed by atoms with Crippen LogP contribution < -0.4 is 9.62 Å². The van der Waals surface area contributed by atoms with Gasteiger partial charge in [0.05, 0.1) is 11.9 Å². The van der Waals surface area contributed by atoms with Crippen molar-refractivity contribution in [2.24, 2.45) is 0 Å². The molecule has 0 unspecified atom stereocenters. The van der Waals surface area contributed by atoms with Crippen molar-refractivity contribution in [3.05, 3.63) is 65.7 Å². The Kier molecular flexibility index (Phi) is 7.69. The average molecular weight is 477 g/mol. The van der Waals surface area contributed by atoms with Crippen LogP contribution in [0.15, 0.2) is 58.9 Å². The molecule has 1 amide bonds. The number of benzene rings is 2. The quantitative estimate of drug-likeness (QED) is 0.365. The van der Waals surface area contributed by atoms with Gasteiger partial charge in [0.25, 0.3) is 0 Å². The number of amides is 1. The highest BCUT2D eigenvalue weighted by Gasteiger charge is 2.32. The third kappa shape index (κ3) is 6.28. The van der Waals surface area contributed by atoms with Gasteiger partial charge >= 0.3 is 0 Å². The number of anilines is 2. The first-order valence-electron chi connectivity index (χ1n) is 9.65. The van der Waals surface area contributed by atoms with Crippen molar-refractivity contribution in [2.75, 3.05) is 15.9 Å². The zero-order chi connectivity index (χ0) is 22.4. The SMILES string of the molecule is CC[C@H](C(=O)Nc1nnc(SCc2ccccc2)s1)N(c1cccc(C)c1)S(C)(=O)=O. The summed E-state index contributed by atoms with van der Waals surface area (Å²) >= 11 is 2.80. The second-order valence-electron chi connectivity index (χ2n) is 6.96. The number of carbonyl (C=O) groups excluding carboxylic acids is 1. The van der Waals surface area contributed by atoms with E-state index in [0.29, 0.717) is 17.2 Å². The Morgan fingerprint density at radius 3 is 2.55 bits per heavy atom. The van der Waals surface area contributed by atoms with E-state index in [2.05, 4.69) is 15.5 Å². The average Bonchev–Trinajstić information content (AvgIpc) is 3.17. The van der Waals surface area contributed by atoms with E-state index in [1.807, 2.05) is 43.3 Å². The van der Waals surface area contributed by atoms with E-state index >= 15 is 0 Å². The van der Waals surface area contributed by atoms with Gasteiger partial charge in [0, 0.05) is 5.75 Å². The van der Waals surface area contributed by atoms with Crippen LogP contribution in [0.4, 0.5) is 10.8 Å². The van der Waals surface area contributed by atoms with Crippen LogP contribution in [-0.2, 0) is 20.6 Å². The van der Waals surface area contributed by atoms with Crippen molar-refractivity contribution in [3.8, 4) is 0 Å². The Morgan fingerprint density at radius 2 is 1.90 bits per heavy atom. The van der Waals surface area contributed by atoms with Crippen LogP contribution in [0.25, 0.3) is 0 Å². The summed E-state index contributed by atoms with van der Waals surface area (Å²) in [6, 6.07) is 16.2. The Labute approximate surface area is 191 Å². The van der Waals surface area contributed by atoms with E-state index in [0.717, 1.165) is 21.9 Å². The minimum atomic E-state index is -3.68. The van der Waals surface area contributed by atoms with Crippen molar-refractivity contribution < 1.29 is 13.2 Å². The van der Waals surface area contributed by atoms with Gasteiger partial charge in [0.15, 0.2) is 4.34 Å². The van der Waals surface area contributed by atoms with E-state index in [4.69, 9.17) is 0 Å². The van der Waals surface area contributed by atoms with Crippen LogP contribution >= 0.6 is 23.1 Å². The lowest BCUT2D eigenvalue weighted by Gasteiger charge is -2.30. The molecular weight excluding hydrogens is 452 g/mol. The molecule has 0 saturated carbocycles. The third-order valence-corrected chi connectivity index (χ3v) is 7.65. The summed E-state index contributed by atoms with van der Waals surface area (Å²) < 4.78 is 27.0. The van der Waals surface area contributed by atoms with Gasteiger partial charge in [-0.3, -0.25) is 14.4 Å². The molecule has 164 valence electrons. The highest BCUT2D eigenvalue weighted by Crippen LogP contribution is 2.29. The molecule has 31 heavy (non-hydrogen) atoms. The molecule has 0 radical (unpaired) electrons. The molecule has 0 fully saturated rings. The first-order valence-corrected chi connectivity index (χ1v) is 13.3. The van der Waals surface area contributed by atoms with E-state index in [-0.39, 0.29) is 0 Å². The monoisotopic (exact) mass is 476 g/mol. The molecule has 1 heterocycles. The maximum Gasteiger partial charge on any atom is 0.250 e. The number of hydrogen-bond acceptors (Lipinski definition) is 7. The lowest BCUT2D eigenvalue weighted by atomic mass is 10.1. The van der Waals surface area contributed by atoms with E-state index in [1.54, 1.807) is 25.1 Å². The van der Waals surface area contributed by atoms with E-state index in [1.165, 1.54) is 33.0 Å². The predicted molar refractivity (Wildman–Crippen MR) is 127 cm³/mol. The van der Waals surface area contributed by atoms with Crippen LogP contribution in [-0.4, -0.2) is 36.8 Å². The fourth-order valence-electron chi connectivity index (χ4n) is 3.05. The summed E-state index contributed by atoms with van der Waals surface area (Å²) in [7, 11) is -3.68. The summed E-state index contributed by atoms with van der Waals surface area (Å²) in [6.07, 6.45) is 1.41. The smallest absolute Gasteiger partial charge is 0.250 e. The van der Waals surface area contributed by atoms with Crippen molar-refractivity contribution in [1.29, 1.82) is 0 Å². The number of rotatable bonds is 9. The van der Waals surface area contributed by atoms with Crippen LogP contribution in [0, 0.1) is 6.92 Å². The Balaban J connectivity index is 1.73. The molecule has 0 saturated heterocycles. The molecule has 0 aliphatic heterocycles. The van der Waals surface area contributed by atoms with Gasteiger partial charge in [-0.1, -0.05) is 72.5 Å². The topological polar surface area (TPSA) is 92.3 Å². The molecule has 0 bridgehead atoms.